The van der Waals surface area contributed by atoms with Crippen LogP contribution in [-0.4, -0.2) is 28.3 Å². The molecule has 0 fully saturated rings. The first-order valence-electron chi connectivity index (χ1n) is 4.96. The monoisotopic (exact) mass is 179 g/mol. The number of hydrogen-bond donors (Lipinski definition) is 0. The second-order valence-electron chi connectivity index (χ2n) is 3.81. The lowest BCUT2D eigenvalue weighted by molar-refractivity contribution is 0.300. The van der Waals surface area contributed by atoms with E-state index in [0.29, 0.717) is 0 Å². The van der Waals surface area contributed by atoms with Crippen molar-refractivity contribution in [3.8, 4) is 0 Å². The van der Waals surface area contributed by atoms with E-state index in [4.69, 9.17) is 0 Å². The van der Waals surface area contributed by atoms with Crippen molar-refractivity contribution in [3.63, 3.8) is 0 Å². The molecule has 72 valence electrons. The van der Waals surface area contributed by atoms with Gasteiger partial charge in [-0.15, -0.1) is 0 Å². The highest BCUT2D eigenvalue weighted by molar-refractivity contribution is 5.27. The van der Waals surface area contributed by atoms with Crippen LogP contribution >= 0.6 is 0 Å². The van der Waals surface area contributed by atoms with E-state index in [0.717, 1.165) is 19.5 Å². The second-order valence-corrected chi connectivity index (χ2v) is 3.81. The average Bonchev–Trinajstić information content (AvgIpc) is 2.42. The molecule has 2 heterocycles. The van der Waals surface area contributed by atoms with Gasteiger partial charge in [0.05, 0.1) is 11.4 Å². The predicted molar refractivity (Wildman–Crippen MR) is 52.7 cm³/mol. The molecule has 13 heavy (non-hydrogen) atoms. The van der Waals surface area contributed by atoms with Gasteiger partial charge in [0, 0.05) is 19.6 Å². The normalized spacial score (nSPS) is 17.5. The lowest BCUT2D eigenvalue weighted by Crippen LogP contribution is -2.27. The fraction of sp³-hybridized carbons (Fsp3) is 0.700. The molecule has 3 nitrogen and oxygen atoms in total. The fourth-order valence-electron chi connectivity index (χ4n) is 2.07. The van der Waals surface area contributed by atoms with Crippen LogP contribution in [0.3, 0.4) is 0 Å². The van der Waals surface area contributed by atoms with E-state index >= 15 is 0 Å². The SMILES string of the molecule is CCn1nc(C)c2c1CN(C)CC2. The molecule has 2 rings (SSSR count). The van der Waals surface area contributed by atoms with Crippen LogP contribution in [0.4, 0.5) is 0 Å². The molecular formula is C10H17N3. The maximum Gasteiger partial charge on any atom is 0.0629 e. The molecule has 3 heteroatoms. The molecular weight excluding hydrogens is 162 g/mol. The largest absolute Gasteiger partial charge is 0.300 e. The quantitative estimate of drug-likeness (QED) is 0.646. The van der Waals surface area contributed by atoms with E-state index in [1.165, 1.54) is 23.5 Å². The highest BCUT2D eigenvalue weighted by Crippen LogP contribution is 2.20. The number of rotatable bonds is 1. The summed E-state index contributed by atoms with van der Waals surface area (Å²) in [5, 5.41) is 4.54. The maximum atomic E-state index is 4.54. The summed E-state index contributed by atoms with van der Waals surface area (Å²) in [5.41, 5.74) is 4.14. The van der Waals surface area contributed by atoms with E-state index < -0.39 is 0 Å². The zero-order chi connectivity index (χ0) is 9.42. The summed E-state index contributed by atoms with van der Waals surface area (Å²) in [5.74, 6) is 0. The zero-order valence-corrected chi connectivity index (χ0v) is 8.67. The van der Waals surface area contributed by atoms with Crippen LogP contribution in [0.25, 0.3) is 0 Å². The third kappa shape index (κ3) is 1.37. The summed E-state index contributed by atoms with van der Waals surface area (Å²) in [6.07, 6.45) is 1.16. The minimum absolute atomic E-state index is 0.990. The van der Waals surface area contributed by atoms with Crippen molar-refractivity contribution in [2.75, 3.05) is 13.6 Å². The van der Waals surface area contributed by atoms with Crippen molar-refractivity contribution in [2.24, 2.45) is 0 Å². The first-order valence-corrected chi connectivity index (χ1v) is 4.96. The van der Waals surface area contributed by atoms with Crippen LogP contribution in [-0.2, 0) is 19.5 Å². The third-order valence-electron chi connectivity index (χ3n) is 2.83. The first kappa shape index (κ1) is 8.75. The van der Waals surface area contributed by atoms with Crippen molar-refractivity contribution < 1.29 is 0 Å². The summed E-state index contributed by atoms with van der Waals surface area (Å²) in [6.45, 7) is 7.49. The fourth-order valence-corrected chi connectivity index (χ4v) is 2.07. The van der Waals surface area contributed by atoms with Crippen LogP contribution in [0.5, 0.6) is 0 Å². The summed E-state index contributed by atoms with van der Waals surface area (Å²) < 4.78 is 2.14. The Morgan fingerprint density at radius 2 is 2.23 bits per heavy atom. The highest BCUT2D eigenvalue weighted by atomic mass is 15.3. The zero-order valence-electron chi connectivity index (χ0n) is 8.67. The average molecular weight is 179 g/mol. The van der Waals surface area contributed by atoms with Gasteiger partial charge in [0.1, 0.15) is 0 Å². The first-order chi connectivity index (χ1) is 6.22. The van der Waals surface area contributed by atoms with Crippen molar-refractivity contribution in [3.05, 3.63) is 17.0 Å². The van der Waals surface area contributed by atoms with Gasteiger partial charge in [-0.05, 0) is 32.9 Å². The summed E-state index contributed by atoms with van der Waals surface area (Å²) in [6, 6.07) is 0. The minimum Gasteiger partial charge on any atom is -0.300 e. The third-order valence-corrected chi connectivity index (χ3v) is 2.83. The van der Waals surface area contributed by atoms with Crippen LogP contribution in [0.1, 0.15) is 23.9 Å². The van der Waals surface area contributed by atoms with Gasteiger partial charge in [-0.2, -0.15) is 5.10 Å². The Bertz CT molecular complexity index is 314. The van der Waals surface area contributed by atoms with Crippen LogP contribution < -0.4 is 0 Å². The van der Waals surface area contributed by atoms with E-state index in [9.17, 15) is 0 Å². The Labute approximate surface area is 79.3 Å². The van der Waals surface area contributed by atoms with Crippen LogP contribution in [0.2, 0.25) is 0 Å². The molecule has 0 amide bonds. The topological polar surface area (TPSA) is 21.1 Å². The predicted octanol–water partition coefficient (Wildman–Crippen LogP) is 1.20. The van der Waals surface area contributed by atoms with Gasteiger partial charge in [-0.3, -0.25) is 4.68 Å². The van der Waals surface area contributed by atoms with Crippen LogP contribution in [0, 0.1) is 6.92 Å². The Hall–Kier alpha value is -0.830. The van der Waals surface area contributed by atoms with Gasteiger partial charge in [0.15, 0.2) is 0 Å². The molecule has 0 aliphatic carbocycles. The van der Waals surface area contributed by atoms with Crippen molar-refractivity contribution in [1.82, 2.24) is 14.7 Å². The van der Waals surface area contributed by atoms with Crippen LogP contribution in [0.15, 0.2) is 0 Å². The molecule has 0 spiro atoms. The molecule has 1 aliphatic heterocycles. The lowest BCUT2D eigenvalue weighted by Gasteiger charge is -2.23. The summed E-state index contributed by atoms with van der Waals surface area (Å²) in [7, 11) is 2.17. The molecule has 0 atom stereocenters. The van der Waals surface area contributed by atoms with Gasteiger partial charge in [-0.25, -0.2) is 0 Å². The van der Waals surface area contributed by atoms with Gasteiger partial charge >= 0.3 is 0 Å². The second kappa shape index (κ2) is 3.14. The van der Waals surface area contributed by atoms with Crippen molar-refractivity contribution in [2.45, 2.75) is 33.4 Å². The number of aryl methyl sites for hydroxylation is 2. The Balaban J connectivity index is 2.43. The van der Waals surface area contributed by atoms with E-state index in [-0.39, 0.29) is 0 Å². The number of likely N-dealkylation sites (N-methyl/N-ethyl adjacent to an activating group) is 1. The molecule has 0 N–H and O–H groups in total. The number of aromatic nitrogens is 2. The molecule has 1 aromatic heterocycles. The van der Waals surface area contributed by atoms with E-state index in [1.807, 2.05) is 0 Å². The lowest BCUT2D eigenvalue weighted by atomic mass is 10.1. The summed E-state index contributed by atoms with van der Waals surface area (Å²) in [4.78, 5) is 2.36. The number of nitrogens with zero attached hydrogens (tertiary/aromatic N) is 3. The molecule has 0 radical (unpaired) electrons. The molecule has 0 saturated heterocycles. The maximum absolute atomic E-state index is 4.54. The van der Waals surface area contributed by atoms with E-state index in [2.05, 4.69) is 35.6 Å². The van der Waals surface area contributed by atoms with Gasteiger partial charge in [-0.1, -0.05) is 0 Å². The Morgan fingerprint density at radius 1 is 1.46 bits per heavy atom. The standard InChI is InChI=1S/C10H17N3/c1-4-13-10-7-12(3)6-5-9(10)8(2)11-13/h4-7H2,1-3H3. The van der Waals surface area contributed by atoms with Crippen molar-refractivity contribution >= 4 is 0 Å². The molecule has 0 aromatic carbocycles. The number of fused-ring (bicyclic) bond motifs is 1. The van der Waals surface area contributed by atoms with Gasteiger partial charge in [0.25, 0.3) is 0 Å². The Morgan fingerprint density at radius 3 is 2.92 bits per heavy atom. The Kier molecular flexibility index (Phi) is 2.12. The molecule has 0 saturated carbocycles. The highest BCUT2D eigenvalue weighted by Gasteiger charge is 2.20. The summed E-state index contributed by atoms with van der Waals surface area (Å²) >= 11 is 0. The van der Waals surface area contributed by atoms with Crippen molar-refractivity contribution in [1.29, 1.82) is 0 Å². The van der Waals surface area contributed by atoms with Gasteiger partial charge in [0.2, 0.25) is 0 Å². The van der Waals surface area contributed by atoms with Gasteiger partial charge < -0.3 is 4.90 Å². The minimum atomic E-state index is 0.990. The molecule has 0 bridgehead atoms. The molecule has 1 aliphatic rings. The van der Waals surface area contributed by atoms with E-state index in [1.54, 1.807) is 0 Å². The number of hydrogen-bond acceptors (Lipinski definition) is 2. The smallest absolute Gasteiger partial charge is 0.0629 e. The molecule has 1 aromatic rings. The molecule has 0 unspecified atom stereocenters.